The third-order valence-electron chi connectivity index (χ3n) is 4.37. The zero-order chi connectivity index (χ0) is 22.3. The van der Waals surface area contributed by atoms with Gasteiger partial charge in [-0.05, 0) is 47.9 Å². The molecule has 2 rings (SSSR count). The van der Waals surface area contributed by atoms with E-state index >= 15 is 0 Å². The molecule has 0 fully saturated rings. The van der Waals surface area contributed by atoms with Crippen molar-refractivity contribution in [2.75, 3.05) is 33.8 Å². The number of hydrogen-bond acceptors (Lipinski definition) is 7. The van der Waals surface area contributed by atoms with Crippen molar-refractivity contribution in [3.05, 3.63) is 47.5 Å². The predicted octanol–water partition coefficient (Wildman–Crippen LogP) is 2.96. The number of carbonyl (C=O) groups excluding carboxylic acids is 1. The molecule has 0 aromatic heterocycles. The van der Waals surface area contributed by atoms with Gasteiger partial charge in [-0.1, -0.05) is 6.07 Å². The molecule has 0 saturated carbocycles. The fourth-order valence-corrected chi connectivity index (χ4v) is 2.85. The summed E-state index contributed by atoms with van der Waals surface area (Å²) in [5, 5.41) is 12.1. The largest absolute Gasteiger partial charge is 0.495 e. The second kappa shape index (κ2) is 10.2. The van der Waals surface area contributed by atoms with Crippen LogP contribution in [0.5, 0.6) is 23.0 Å². The summed E-state index contributed by atoms with van der Waals surface area (Å²) in [6, 6.07) is 10.1. The zero-order valence-electron chi connectivity index (χ0n) is 17.6. The lowest BCUT2D eigenvalue weighted by Crippen LogP contribution is -2.32. The topological polar surface area (TPSA) is 116 Å². The Morgan fingerprint density at radius 2 is 1.60 bits per heavy atom. The maximum absolute atomic E-state index is 12.1. The number of allylic oxidation sites excluding steroid dienone is 1. The maximum Gasteiger partial charge on any atom is 0.241 e. The molecule has 0 aliphatic heterocycles. The predicted molar refractivity (Wildman–Crippen MR) is 114 cm³/mol. The molecule has 2 aromatic carbocycles. The van der Waals surface area contributed by atoms with Gasteiger partial charge in [-0.15, -0.1) is 0 Å². The van der Waals surface area contributed by atoms with E-state index in [1.165, 1.54) is 34.5 Å². The molecule has 30 heavy (non-hydrogen) atoms. The van der Waals surface area contributed by atoms with E-state index in [1.54, 1.807) is 37.3 Å². The van der Waals surface area contributed by atoms with E-state index in [2.05, 4.69) is 11.4 Å². The number of carbonyl (C=O) groups is 1. The van der Waals surface area contributed by atoms with Crippen LogP contribution in [0.3, 0.4) is 0 Å². The second-order valence-corrected chi connectivity index (χ2v) is 6.29. The van der Waals surface area contributed by atoms with Gasteiger partial charge in [0.2, 0.25) is 11.7 Å². The van der Waals surface area contributed by atoms with Crippen LogP contribution in [0.25, 0.3) is 5.57 Å². The number of methoxy groups -OCH3 is 4. The van der Waals surface area contributed by atoms with Crippen LogP contribution in [-0.2, 0) is 4.79 Å². The second-order valence-electron chi connectivity index (χ2n) is 6.29. The van der Waals surface area contributed by atoms with Crippen LogP contribution in [0.1, 0.15) is 18.1 Å². The van der Waals surface area contributed by atoms with Gasteiger partial charge in [0, 0.05) is 6.08 Å². The number of nitriles is 1. The minimum atomic E-state index is -0.692. The molecule has 0 heterocycles. The molecule has 0 spiro atoms. The zero-order valence-corrected chi connectivity index (χ0v) is 17.6. The summed E-state index contributed by atoms with van der Waals surface area (Å²) in [4.78, 5) is 12.1. The first-order valence-corrected chi connectivity index (χ1v) is 9.05. The van der Waals surface area contributed by atoms with Crippen molar-refractivity contribution in [3.8, 4) is 29.1 Å². The Hall–Kier alpha value is -3.70. The number of ether oxygens (including phenoxy) is 4. The molecule has 8 heteroatoms. The summed E-state index contributed by atoms with van der Waals surface area (Å²) in [5.41, 5.74) is 8.03. The van der Waals surface area contributed by atoms with Gasteiger partial charge in [0.15, 0.2) is 11.5 Å². The third-order valence-corrected chi connectivity index (χ3v) is 4.37. The van der Waals surface area contributed by atoms with Crippen LogP contribution in [0.15, 0.2) is 36.4 Å². The Balaban J connectivity index is 2.63. The smallest absolute Gasteiger partial charge is 0.241 e. The lowest BCUT2D eigenvalue weighted by molar-refractivity contribution is -0.117. The van der Waals surface area contributed by atoms with Gasteiger partial charge in [-0.2, -0.15) is 5.26 Å². The van der Waals surface area contributed by atoms with Crippen LogP contribution >= 0.6 is 0 Å². The minimum Gasteiger partial charge on any atom is -0.495 e. The Morgan fingerprint density at radius 1 is 1.00 bits per heavy atom. The molecule has 0 radical (unpaired) electrons. The number of nitrogens with two attached hydrogens (primary N) is 1. The molecule has 8 nitrogen and oxygen atoms in total. The molecule has 1 unspecified atom stereocenters. The summed E-state index contributed by atoms with van der Waals surface area (Å²) >= 11 is 0. The Labute approximate surface area is 175 Å². The van der Waals surface area contributed by atoms with E-state index in [0.29, 0.717) is 45.4 Å². The van der Waals surface area contributed by atoms with Gasteiger partial charge in [0.1, 0.15) is 5.75 Å². The summed E-state index contributed by atoms with van der Waals surface area (Å²) in [6.07, 6.45) is 1.40. The molecule has 0 bridgehead atoms. The van der Waals surface area contributed by atoms with Crippen molar-refractivity contribution in [1.29, 1.82) is 5.26 Å². The summed E-state index contributed by atoms with van der Waals surface area (Å²) in [7, 11) is 6.05. The number of anilines is 1. The maximum atomic E-state index is 12.1. The first kappa shape index (κ1) is 22.6. The van der Waals surface area contributed by atoms with E-state index in [-0.39, 0.29) is 5.91 Å². The van der Waals surface area contributed by atoms with E-state index in [9.17, 15) is 10.1 Å². The molecule has 0 aliphatic rings. The number of rotatable bonds is 8. The molecule has 0 saturated heterocycles. The van der Waals surface area contributed by atoms with Gasteiger partial charge < -0.3 is 30.0 Å². The van der Waals surface area contributed by atoms with Crippen molar-refractivity contribution in [2.45, 2.75) is 13.0 Å². The van der Waals surface area contributed by atoms with Gasteiger partial charge in [0.25, 0.3) is 0 Å². The molecule has 3 N–H and O–H groups in total. The van der Waals surface area contributed by atoms with Gasteiger partial charge in [0.05, 0.1) is 46.2 Å². The Bertz CT molecular complexity index is 968. The Kier molecular flexibility index (Phi) is 7.67. The number of benzene rings is 2. The minimum absolute atomic E-state index is 0.357. The number of nitrogens with zero attached hydrogens (tertiary/aromatic N) is 1. The SMILES string of the molecule is COc1ccc(/C(=C/C#N)c2cc(OC)c(OC)c(OC)c2)cc1NC(=O)C(C)N. The van der Waals surface area contributed by atoms with Crippen LogP contribution in [0, 0.1) is 11.3 Å². The molecule has 1 atom stereocenters. The van der Waals surface area contributed by atoms with Gasteiger partial charge in [-0.25, -0.2) is 0 Å². The van der Waals surface area contributed by atoms with E-state index in [4.69, 9.17) is 24.7 Å². The Morgan fingerprint density at radius 3 is 2.07 bits per heavy atom. The summed E-state index contributed by atoms with van der Waals surface area (Å²) in [6.45, 7) is 1.59. The van der Waals surface area contributed by atoms with E-state index in [1.807, 2.05) is 0 Å². The molecular formula is C22H25N3O5. The monoisotopic (exact) mass is 411 g/mol. The van der Waals surface area contributed by atoms with Crippen molar-refractivity contribution in [1.82, 2.24) is 0 Å². The standard InChI is InChI=1S/C22H25N3O5/c1-13(24)22(26)25-17-10-14(6-7-18(17)27-2)16(8-9-23)15-11-19(28-3)21(30-5)20(12-15)29-4/h6-8,10-13H,24H2,1-5H3,(H,25,26)/b16-8-. The lowest BCUT2D eigenvalue weighted by Gasteiger charge is -2.17. The summed E-state index contributed by atoms with van der Waals surface area (Å²) < 4.78 is 21.5. The fourth-order valence-electron chi connectivity index (χ4n) is 2.85. The summed E-state index contributed by atoms with van der Waals surface area (Å²) in [5.74, 6) is 1.46. The highest BCUT2D eigenvalue weighted by Crippen LogP contribution is 2.41. The average Bonchev–Trinajstić information content (AvgIpc) is 2.76. The third kappa shape index (κ3) is 4.82. The highest BCUT2D eigenvalue weighted by Gasteiger charge is 2.18. The lowest BCUT2D eigenvalue weighted by atomic mass is 9.96. The first-order valence-electron chi connectivity index (χ1n) is 9.05. The average molecular weight is 411 g/mol. The molecule has 0 aliphatic carbocycles. The normalized spacial score (nSPS) is 11.8. The van der Waals surface area contributed by atoms with Gasteiger partial charge in [-0.3, -0.25) is 4.79 Å². The number of nitrogens with one attached hydrogen (secondary N) is 1. The number of amides is 1. The van der Waals surface area contributed by atoms with E-state index in [0.717, 1.165) is 0 Å². The van der Waals surface area contributed by atoms with Crippen molar-refractivity contribution >= 4 is 17.2 Å². The van der Waals surface area contributed by atoms with Crippen molar-refractivity contribution in [2.24, 2.45) is 5.73 Å². The van der Waals surface area contributed by atoms with Crippen molar-refractivity contribution in [3.63, 3.8) is 0 Å². The highest BCUT2D eigenvalue weighted by molar-refractivity contribution is 5.96. The van der Waals surface area contributed by atoms with E-state index < -0.39 is 6.04 Å². The molecule has 1 amide bonds. The van der Waals surface area contributed by atoms with Crippen LogP contribution in [0.2, 0.25) is 0 Å². The molecule has 2 aromatic rings. The van der Waals surface area contributed by atoms with Crippen LogP contribution in [-0.4, -0.2) is 40.4 Å². The van der Waals surface area contributed by atoms with Gasteiger partial charge >= 0.3 is 0 Å². The molecular weight excluding hydrogens is 386 g/mol. The fraction of sp³-hybridized carbons (Fsp3) is 0.273. The van der Waals surface area contributed by atoms with Crippen LogP contribution in [0.4, 0.5) is 5.69 Å². The number of hydrogen-bond donors (Lipinski definition) is 2. The van der Waals surface area contributed by atoms with Crippen molar-refractivity contribution < 1.29 is 23.7 Å². The quantitative estimate of drug-likeness (QED) is 0.642. The first-order chi connectivity index (χ1) is 14.4. The molecule has 158 valence electrons. The van der Waals surface area contributed by atoms with Crippen LogP contribution < -0.4 is 30.0 Å². The highest BCUT2D eigenvalue weighted by atomic mass is 16.5.